The van der Waals surface area contributed by atoms with Gasteiger partial charge in [0.2, 0.25) is 0 Å². The first-order chi connectivity index (χ1) is 5.74. The number of hydrogen-bond donors (Lipinski definition) is 1. The van der Waals surface area contributed by atoms with Gasteiger partial charge in [-0.05, 0) is 18.9 Å². The molecule has 3 heteroatoms. The molecule has 0 fully saturated rings. The fourth-order valence-electron chi connectivity index (χ4n) is 1.03. The Labute approximate surface area is 73.0 Å². The van der Waals surface area contributed by atoms with Gasteiger partial charge in [-0.2, -0.15) is 0 Å². The molecule has 1 aromatic rings. The summed E-state index contributed by atoms with van der Waals surface area (Å²) in [5, 5.41) is 0. The van der Waals surface area contributed by atoms with Crippen LogP contribution in [0.1, 0.15) is 37.2 Å². The Morgan fingerprint density at radius 3 is 2.50 bits per heavy atom. The first-order valence-electron chi connectivity index (χ1n) is 4.28. The van der Waals surface area contributed by atoms with Crippen molar-refractivity contribution in [2.75, 3.05) is 0 Å². The minimum atomic E-state index is -0.00407. The molecule has 0 unspecified atom stereocenters. The van der Waals surface area contributed by atoms with E-state index in [1.54, 1.807) is 12.4 Å². The van der Waals surface area contributed by atoms with Crippen LogP contribution in [0, 0.1) is 6.92 Å². The molecule has 0 aliphatic heterocycles. The molecule has 2 N–H and O–H groups in total. The van der Waals surface area contributed by atoms with Crippen molar-refractivity contribution in [3.05, 3.63) is 23.8 Å². The Morgan fingerprint density at radius 1 is 1.42 bits per heavy atom. The first-order valence-corrected chi connectivity index (χ1v) is 4.28. The topological polar surface area (TPSA) is 51.8 Å². The van der Waals surface area contributed by atoms with Gasteiger partial charge in [0.1, 0.15) is 5.82 Å². The second kappa shape index (κ2) is 4.16. The highest BCUT2D eigenvalue weighted by molar-refractivity contribution is 5.03. The number of nitrogens with zero attached hydrogens (tertiary/aromatic N) is 2. The fourth-order valence-corrected chi connectivity index (χ4v) is 1.03. The van der Waals surface area contributed by atoms with Crippen molar-refractivity contribution in [1.29, 1.82) is 0 Å². The van der Waals surface area contributed by atoms with E-state index in [0.29, 0.717) is 0 Å². The molecule has 12 heavy (non-hydrogen) atoms. The fraction of sp³-hybridized carbons (Fsp3) is 0.556. The Morgan fingerprint density at radius 2 is 2.00 bits per heavy atom. The van der Waals surface area contributed by atoms with Crippen LogP contribution in [0.4, 0.5) is 0 Å². The molecule has 3 nitrogen and oxygen atoms in total. The van der Waals surface area contributed by atoms with E-state index < -0.39 is 0 Å². The van der Waals surface area contributed by atoms with Gasteiger partial charge >= 0.3 is 0 Å². The van der Waals surface area contributed by atoms with E-state index in [9.17, 15) is 0 Å². The molecule has 0 amide bonds. The van der Waals surface area contributed by atoms with Crippen LogP contribution in [0.5, 0.6) is 0 Å². The Kier molecular flexibility index (Phi) is 3.17. The largest absolute Gasteiger partial charge is 0.321 e. The van der Waals surface area contributed by atoms with E-state index in [1.807, 2.05) is 6.92 Å². The normalized spacial score (nSPS) is 12.9. The highest BCUT2D eigenvalue weighted by Gasteiger charge is 2.06. The maximum absolute atomic E-state index is 5.83. The van der Waals surface area contributed by atoms with E-state index >= 15 is 0 Å². The lowest BCUT2D eigenvalue weighted by atomic mass is 10.2. The van der Waals surface area contributed by atoms with Gasteiger partial charge in [-0.25, -0.2) is 9.97 Å². The van der Waals surface area contributed by atoms with E-state index in [-0.39, 0.29) is 6.04 Å². The second-order valence-corrected chi connectivity index (χ2v) is 3.01. The van der Waals surface area contributed by atoms with Gasteiger partial charge in [0.15, 0.2) is 0 Å². The van der Waals surface area contributed by atoms with Gasteiger partial charge in [-0.1, -0.05) is 13.3 Å². The molecule has 1 aromatic heterocycles. The lowest BCUT2D eigenvalue weighted by molar-refractivity contribution is 0.601. The maximum atomic E-state index is 5.83. The van der Waals surface area contributed by atoms with Crippen molar-refractivity contribution >= 4 is 0 Å². The zero-order valence-electron chi connectivity index (χ0n) is 7.62. The van der Waals surface area contributed by atoms with Crippen molar-refractivity contribution in [3.8, 4) is 0 Å². The van der Waals surface area contributed by atoms with Crippen molar-refractivity contribution in [2.24, 2.45) is 5.73 Å². The van der Waals surface area contributed by atoms with Crippen LogP contribution < -0.4 is 5.73 Å². The molecule has 0 radical (unpaired) electrons. The van der Waals surface area contributed by atoms with Crippen LogP contribution in [-0.4, -0.2) is 9.97 Å². The zero-order valence-corrected chi connectivity index (χ0v) is 7.62. The van der Waals surface area contributed by atoms with Crippen LogP contribution in [0.3, 0.4) is 0 Å². The molecule has 0 saturated heterocycles. The van der Waals surface area contributed by atoms with Crippen molar-refractivity contribution in [2.45, 2.75) is 32.7 Å². The number of aryl methyl sites for hydroxylation is 1. The summed E-state index contributed by atoms with van der Waals surface area (Å²) in [6, 6.07) is -0.00407. The predicted molar refractivity (Wildman–Crippen MR) is 48.6 cm³/mol. The number of nitrogens with two attached hydrogens (primary N) is 1. The molecule has 0 aromatic carbocycles. The Hall–Kier alpha value is -0.960. The highest BCUT2D eigenvalue weighted by Crippen LogP contribution is 2.09. The van der Waals surface area contributed by atoms with Crippen LogP contribution in [0.2, 0.25) is 0 Å². The SMILES string of the molecule is CCC[C@@H](N)c1ncc(C)cn1. The molecular formula is C9H15N3. The van der Waals surface area contributed by atoms with Crippen LogP contribution >= 0.6 is 0 Å². The van der Waals surface area contributed by atoms with E-state index in [2.05, 4.69) is 16.9 Å². The minimum absolute atomic E-state index is 0.00407. The summed E-state index contributed by atoms with van der Waals surface area (Å²) in [7, 11) is 0. The van der Waals surface area contributed by atoms with Crippen molar-refractivity contribution < 1.29 is 0 Å². The average Bonchev–Trinajstić information content (AvgIpc) is 2.06. The van der Waals surface area contributed by atoms with Gasteiger partial charge in [0.25, 0.3) is 0 Å². The lowest BCUT2D eigenvalue weighted by Gasteiger charge is -2.07. The molecule has 0 aliphatic carbocycles. The summed E-state index contributed by atoms with van der Waals surface area (Å²) in [6.45, 7) is 4.07. The number of rotatable bonds is 3. The summed E-state index contributed by atoms with van der Waals surface area (Å²) in [6.07, 6.45) is 5.62. The minimum Gasteiger partial charge on any atom is -0.321 e. The van der Waals surface area contributed by atoms with Crippen molar-refractivity contribution in [3.63, 3.8) is 0 Å². The number of hydrogen-bond acceptors (Lipinski definition) is 3. The van der Waals surface area contributed by atoms with Crippen molar-refractivity contribution in [1.82, 2.24) is 9.97 Å². The molecule has 66 valence electrons. The molecule has 1 atom stereocenters. The summed E-state index contributed by atoms with van der Waals surface area (Å²) < 4.78 is 0. The Bertz CT molecular complexity index is 230. The summed E-state index contributed by atoms with van der Waals surface area (Å²) in [5.74, 6) is 0.752. The molecule has 1 rings (SSSR count). The molecular weight excluding hydrogens is 150 g/mol. The van der Waals surface area contributed by atoms with Gasteiger partial charge < -0.3 is 5.73 Å². The van der Waals surface area contributed by atoms with Crippen LogP contribution in [0.25, 0.3) is 0 Å². The van der Waals surface area contributed by atoms with Crippen LogP contribution in [0.15, 0.2) is 12.4 Å². The average molecular weight is 165 g/mol. The molecule has 0 bridgehead atoms. The maximum Gasteiger partial charge on any atom is 0.144 e. The van der Waals surface area contributed by atoms with E-state index in [1.165, 1.54) is 0 Å². The molecule has 0 spiro atoms. The monoisotopic (exact) mass is 165 g/mol. The second-order valence-electron chi connectivity index (χ2n) is 3.01. The third-order valence-electron chi connectivity index (χ3n) is 1.73. The van der Waals surface area contributed by atoms with E-state index in [4.69, 9.17) is 5.73 Å². The first kappa shape index (κ1) is 9.13. The number of aromatic nitrogens is 2. The quantitative estimate of drug-likeness (QED) is 0.739. The van der Waals surface area contributed by atoms with Crippen LogP contribution in [-0.2, 0) is 0 Å². The third-order valence-corrected chi connectivity index (χ3v) is 1.73. The Balaban J connectivity index is 2.68. The lowest BCUT2D eigenvalue weighted by Crippen LogP contribution is -2.13. The third kappa shape index (κ3) is 2.27. The summed E-state index contributed by atoms with van der Waals surface area (Å²) in [4.78, 5) is 8.32. The molecule has 1 heterocycles. The van der Waals surface area contributed by atoms with Gasteiger partial charge in [-0.3, -0.25) is 0 Å². The van der Waals surface area contributed by atoms with Gasteiger partial charge in [0.05, 0.1) is 6.04 Å². The molecule has 0 aliphatic rings. The predicted octanol–water partition coefficient (Wildman–Crippen LogP) is 1.58. The zero-order chi connectivity index (χ0) is 8.97. The van der Waals surface area contributed by atoms with E-state index in [0.717, 1.165) is 24.2 Å². The smallest absolute Gasteiger partial charge is 0.144 e. The summed E-state index contributed by atoms with van der Waals surface area (Å²) >= 11 is 0. The summed E-state index contributed by atoms with van der Waals surface area (Å²) in [5.41, 5.74) is 6.90. The van der Waals surface area contributed by atoms with Gasteiger partial charge in [0, 0.05) is 12.4 Å². The standard InChI is InChI=1S/C9H15N3/c1-3-4-8(10)9-11-5-7(2)6-12-9/h5-6,8H,3-4,10H2,1-2H3/t8-/m1/s1. The highest BCUT2D eigenvalue weighted by atomic mass is 14.9. The molecule has 0 saturated carbocycles. The van der Waals surface area contributed by atoms with Gasteiger partial charge in [-0.15, -0.1) is 0 Å².